The molecule has 0 fully saturated rings. The summed E-state index contributed by atoms with van der Waals surface area (Å²) in [6.45, 7) is 8.42. The van der Waals surface area contributed by atoms with Crippen molar-refractivity contribution >= 4 is 34.8 Å². The lowest BCUT2D eigenvalue weighted by Crippen LogP contribution is -2.30. The molecule has 0 bridgehead atoms. The van der Waals surface area contributed by atoms with E-state index in [1.165, 1.54) is 12.2 Å². The molecule has 0 spiro atoms. The lowest BCUT2D eigenvalue weighted by molar-refractivity contribution is -0.124. The molecular formula is C32H28N2O4. The second kappa shape index (κ2) is 9.06. The van der Waals surface area contributed by atoms with Gasteiger partial charge in [-0.25, -0.2) is 0 Å². The topological polar surface area (TPSA) is 92.3 Å². The van der Waals surface area contributed by atoms with Crippen molar-refractivity contribution in [3.63, 3.8) is 0 Å². The molecule has 6 nitrogen and oxygen atoms in total. The molecule has 0 atom stereocenters. The smallest absolute Gasteiger partial charge is 0.258 e. The highest BCUT2D eigenvalue weighted by Gasteiger charge is 2.37. The van der Waals surface area contributed by atoms with Crippen molar-refractivity contribution in [1.29, 1.82) is 0 Å². The first kappa shape index (κ1) is 25.1. The van der Waals surface area contributed by atoms with E-state index < -0.39 is 34.5 Å². The predicted octanol–water partition coefficient (Wildman–Crippen LogP) is 4.42. The number of amides is 4. The van der Waals surface area contributed by atoms with Gasteiger partial charge >= 0.3 is 0 Å². The minimum atomic E-state index is -0.563. The zero-order valence-electron chi connectivity index (χ0n) is 21.7. The molecule has 0 aliphatic carbocycles. The molecule has 4 amide bonds. The number of rotatable bonds is 6. The average molecular weight is 505 g/mol. The fourth-order valence-corrected chi connectivity index (χ4v) is 5.61. The van der Waals surface area contributed by atoms with Crippen LogP contribution in [0.15, 0.2) is 84.9 Å². The standard InChI is InChI=1S/C32H28N2O4/c1-31(2,23-13-7-5-11-19(23)21-17-27(35)33-29(21)37)25-15-9-10-16-26(25)32(3,4)24-14-8-6-12-20(24)22-18-28(36)34-30(22)38/h5-18H,1-4H3,(H,33,35,37)(H,34,36,38). The van der Waals surface area contributed by atoms with E-state index in [0.29, 0.717) is 22.3 Å². The number of carbonyl (C=O) groups is 4. The Balaban J connectivity index is 1.67. The molecule has 0 radical (unpaired) electrons. The average Bonchev–Trinajstić information content (AvgIpc) is 3.42. The molecule has 0 unspecified atom stereocenters. The normalized spacial score (nSPS) is 15.8. The van der Waals surface area contributed by atoms with Gasteiger partial charge in [0.25, 0.3) is 23.6 Å². The summed E-state index contributed by atoms with van der Waals surface area (Å²) in [7, 11) is 0. The zero-order valence-corrected chi connectivity index (χ0v) is 21.7. The van der Waals surface area contributed by atoms with Gasteiger partial charge in [0, 0.05) is 23.0 Å². The second-order valence-electron chi connectivity index (χ2n) is 10.6. The Morgan fingerprint density at radius 3 is 1.11 bits per heavy atom. The van der Waals surface area contributed by atoms with Crippen molar-refractivity contribution in [2.45, 2.75) is 38.5 Å². The molecule has 2 heterocycles. The van der Waals surface area contributed by atoms with Crippen molar-refractivity contribution < 1.29 is 19.2 Å². The highest BCUT2D eigenvalue weighted by Crippen LogP contribution is 2.44. The predicted molar refractivity (Wildman–Crippen MR) is 146 cm³/mol. The van der Waals surface area contributed by atoms with Gasteiger partial charge in [-0.1, -0.05) is 100 Å². The fraction of sp³-hybridized carbons (Fsp3) is 0.188. The van der Waals surface area contributed by atoms with Crippen LogP contribution in [0.5, 0.6) is 0 Å². The van der Waals surface area contributed by atoms with Crippen LogP contribution in [0, 0.1) is 0 Å². The SMILES string of the molecule is CC(C)(c1ccccc1C1=CC(=O)NC1=O)c1ccccc1C(C)(C)c1ccccc1C1=CC(=O)NC1=O. The monoisotopic (exact) mass is 504 g/mol. The van der Waals surface area contributed by atoms with Gasteiger partial charge in [-0.2, -0.15) is 0 Å². The molecule has 3 aromatic rings. The zero-order chi connectivity index (χ0) is 27.2. The molecule has 2 aliphatic heterocycles. The molecule has 5 rings (SSSR count). The number of benzene rings is 3. The van der Waals surface area contributed by atoms with Crippen LogP contribution in [-0.2, 0) is 30.0 Å². The molecule has 6 heteroatoms. The second-order valence-corrected chi connectivity index (χ2v) is 10.6. The van der Waals surface area contributed by atoms with E-state index in [1.807, 2.05) is 60.7 Å². The van der Waals surface area contributed by atoms with Gasteiger partial charge in [0.05, 0.1) is 11.1 Å². The summed E-state index contributed by atoms with van der Waals surface area (Å²) < 4.78 is 0. The van der Waals surface area contributed by atoms with Crippen LogP contribution in [0.3, 0.4) is 0 Å². The van der Waals surface area contributed by atoms with Crippen LogP contribution in [0.2, 0.25) is 0 Å². The van der Waals surface area contributed by atoms with E-state index in [9.17, 15) is 19.2 Å². The lowest BCUT2D eigenvalue weighted by atomic mass is 9.66. The Morgan fingerprint density at radius 1 is 0.474 bits per heavy atom. The number of hydrogen-bond donors (Lipinski definition) is 2. The van der Waals surface area contributed by atoms with Crippen LogP contribution in [0.4, 0.5) is 0 Å². The molecular weight excluding hydrogens is 476 g/mol. The molecule has 38 heavy (non-hydrogen) atoms. The summed E-state index contributed by atoms with van der Waals surface area (Å²) in [6.07, 6.45) is 2.70. The Labute approximate surface area is 221 Å². The van der Waals surface area contributed by atoms with E-state index in [1.54, 1.807) is 0 Å². The van der Waals surface area contributed by atoms with Gasteiger partial charge < -0.3 is 0 Å². The maximum absolute atomic E-state index is 12.6. The van der Waals surface area contributed by atoms with E-state index in [2.05, 4.69) is 50.5 Å². The van der Waals surface area contributed by atoms with Crippen molar-refractivity contribution in [3.05, 3.63) is 118 Å². The Bertz CT molecular complexity index is 1470. The van der Waals surface area contributed by atoms with Crippen molar-refractivity contribution in [2.24, 2.45) is 0 Å². The molecule has 2 aliphatic rings. The van der Waals surface area contributed by atoms with Crippen molar-refractivity contribution in [3.8, 4) is 0 Å². The molecule has 0 aromatic heterocycles. The molecule has 0 saturated carbocycles. The maximum atomic E-state index is 12.6. The highest BCUT2D eigenvalue weighted by atomic mass is 16.2. The van der Waals surface area contributed by atoms with Gasteiger partial charge in [0.1, 0.15) is 0 Å². The molecule has 0 saturated heterocycles. The van der Waals surface area contributed by atoms with Crippen molar-refractivity contribution in [2.75, 3.05) is 0 Å². The summed E-state index contributed by atoms with van der Waals surface area (Å²) >= 11 is 0. The Morgan fingerprint density at radius 2 is 0.789 bits per heavy atom. The van der Waals surface area contributed by atoms with Gasteiger partial charge in [-0.15, -0.1) is 0 Å². The largest absolute Gasteiger partial charge is 0.289 e. The van der Waals surface area contributed by atoms with E-state index in [-0.39, 0.29) is 0 Å². The third kappa shape index (κ3) is 4.08. The first-order chi connectivity index (χ1) is 18.0. The summed E-state index contributed by atoms with van der Waals surface area (Å²) in [5, 5.41) is 4.70. The van der Waals surface area contributed by atoms with Gasteiger partial charge in [0.2, 0.25) is 0 Å². The minimum absolute atomic E-state index is 0.351. The minimum Gasteiger partial charge on any atom is -0.289 e. The third-order valence-corrected chi connectivity index (χ3v) is 7.57. The lowest BCUT2D eigenvalue weighted by Gasteiger charge is -2.37. The van der Waals surface area contributed by atoms with E-state index >= 15 is 0 Å². The first-order valence-electron chi connectivity index (χ1n) is 12.5. The van der Waals surface area contributed by atoms with E-state index in [0.717, 1.165) is 22.3 Å². The summed E-state index contributed by atoms with van der Waals surface area (Å²) in [5.41, 5.74) is 4.90. The summed E-state index contributed by atoms with van der Waals surface area (Å²) in [4.78, 5) is 49.0. The van der Waals surface area contributed by atoms with Gasteiger partial charge in [-0.05, 0) is 33.4 Å². The number of imide groups is 2. The van der Waals surface area contributed by atoms with Gasteiger partial charge in [-0.3, -0.25) is 29.8 Å². The van der Waals surface area contributed by atoms with Crippen LogP contribution >= 0.6 is 0 Å². The quantitative estimate of drug-likeness (QED) is 0.486. The number of hydrogen-bond acceptors (Lipinski definition) is 4. The first-order valence-corrected chi connectivity index (χ1v) is 12.5. The van der Waals surface area contributed by atoms with Crippen molar-refractivity contribution in [1.82, 2.24) is 10.6 Å². The Kier molecular flexibility index (Phi) is 5.98. The van der Waals surface area contributed by atoms with E-state index in [4.69, 9.17) is 0 Å². The number of nitrogens with one attached hydrogen (secondary N) is 2. The van der Waals surface area contributed by atoms with Crippen LogP contribution < -0.4 is 10.6 Å². The number of carbonyl (C=O) groups excluding carboxylic acids is 4. The van der Waals surface area contributed by atoms with Crippen LogP contribution in [0.25, 0.3) is 11.1 Å². The maximum Gasteiger partial charge on any atom is 0.258 e. The third-order valence-electron chi connectivity index (χ3n) is 7.57. The molecule has 190 valence electrons. The summed E-state index contributed by atoms with van der Waals surface area (Å²) in [6, 6.07) is 23.4. The van der Waals surface area contributed by atoms with Gasteiger partial charge in [0.15, 0.2) is 0 Å². The summed E-state index contributed by atoms with van der Waals surface area (Å²) in [5.74, 6) is -1.64. The molecule has 2 N–H and O–H groups in total. The Hall–Kier alpha value is -4.58. The van der Waals surface area contributed by atoms with Crippen LogP contribution in [-0.4, -0.2) is 23.6 Å². The van der Waals surface area contributed by atoms with Crippen LogP contribution in [0.1, 0.15) is 61.1 Å². The highest BCUT2D eigenvalue weighted by molar-refractivity contribution is 6.34. The fourth-order valence-electron chi connectivity index (χ4n) is 5.61. The molecule has 3 aromatic carbocycles.